The number of hydrogen-bond acceptors (Lipinski definition) is 7. The van der Waals surface area contributed by atoms with Crippen molar-refractivity contribution in [3.8, 4) is 5.75 Å². The van der Waals surface area contributed by atoms with Gasteiger partial charge in [-0.25, -0.2) is 17.5 Å². The molecule has 1 aromatic carbocycles. The molecule has 1 unspecified atom stereocenters. The molecule has 0 saturated carbocycles. The average Bonchev–Trinajstić information content (AvgIpc) is 3.35. The molecule has 0 aliphatic carbocycles. The minimum atomic E-state index is -3.95. The number of ether oxygens (including phenoxy) is 2. The molecule has 0 radical (unpaired) electrons. The number of nitrogens with zero attached hydrogens (tertiary/aromatic N) is 4. The molecule has 3 aromatic rings. The first-order chi connectivity index (χ1) is 13.5. The van der Waals surface area contributed by atoms with Crippen LogP contribution >= 0.6 is 0 Å². The second kappa shape index (κ2) is 7.78. The third-order valence-corrected chi connectivity index (χ3v) is 5.77. The fourth-order valence-corrected chi connectivity index (χ4v) is 3.82. The van der Waals surface area contributed by atoms with E-state index in [2.05, 4.69) is 20.0 Å². The molecule has 1 saturated heterocycles. The Bertz CT molecular complexity index is 1080. The van der Waals surface area contributed by atoms with Crippen molar-refractivity contribution in [1.29, 1.82) is 0 Å². The highest BCUT2D eigenvalue weighted by atomic mass is 32.2. The van der Waals surface area contributed by atoms with Crippen LogP contribution in [0.4, 0.5) is 4.39 Å². The average molecular weight is 407 g/mol. The Morgan fingerprint density at radius 2 is 2.21 bits per heavy atom. The number of nitrogens with one attached hydrogen (secondary N) is 1. The Hall–Kier alpha value is -2.63. The van der Waals surface area contributed by atoms with Crippen LogP contribution in [0.25, 0.3) is 5.65 Å². The second-order valence-electron chi connectivity index (χ2n) is 6.37. The van der Waals surface area contributed by atoms with E-state index in [9.17, 15) is 12.8 Å². The summed E-state index contributed by atoms with van der Waals surface area (Å²) in [6.45, 7) is 1.46. The number of fused-ring (bicyclic) bond motifs is 1. The van der Waals surface area contributed by atoms with Crippen LogP contribution in [-0.2, 0) is 21.3 Å². The van der Waals surface area contributed by atoms with Gasteiger partial charge in [0.05, 0.1) is 24.7 Å². The monoisotopic (exact) mass is 407 g/mol. The highest BCUT2D eigenvalue weighted by molar-refractivity contribution is 7.89. The summed E-state index contributed by atoms with van der Waals surface area (Å²) in [6, 6.07) is 6.94. The molecule has 0 amide bonds. The topological polar surface area (TPSA) is 108 Å². The molecule has 148 valence electrons. The minimum absolute atomic E-state index is 0.0125. The van der Waals surface area contributed by atoms with Crippen LogP contribution in [0.5, 0.6) is 5.75 Å². The van der Waals surface area contributed by atoms with E-state index in [4.69, 9.17) is 9.47 Å². The van der Waals surface area contributed by atoms with Crippen LogP contribution in [0.15, 0.2) is 41.4 Å². The number of hydrogen-bond donors (Lipinski definition) is 1. The van der Waals surface area contributed by atoms with Gasteiger partial charge in [0.2, 0.25) is 10.0 Å². The molecule has 9 nitrogen and oxygen atoms in total. The lowest BCUT2D eigenvalue weighted by atomic mass is 10.1. The first-order valence-corrected chi connectivity index (χ1v) is 10.2. The summed E-state index contributed by atoms with van der Waals surface area (Å²) in [4.78, 5) is -0.205. The standard InChI is InChI=1S/C17H18FN5O4S/c18-14-8-13(3-4-15(14)27-11-12-5-7-26-10-12)28(24,25)20-9-17-22-21-16-2-1-6-19-23(16)17/h1-4,6,8,12,20H,5,7,9-11H2. The van der Waals surface area contributed by atoms with Crippen molar-refractivity contribution >= 4 is 15.7 Å². The van der Waals surface area contributed by atoms with E-state index in [0.717, 1.165) is 12.5 Å². The summed E-state index contributed by atoms with van der Waals surface area (Å²) in [6.07, 6.45) is 2.41. The molecule has 28 heavy (non-hydrogen) atoms. The van der Waals surface area contributed by atoms with Gasteiger partial charge in [0.1, 0.15) is 0 Å². The summed E-state index contributed by atoms with van der Waals surface area (Å²) in [5.74, 6) is -0.190. The lowest BCUT2D eigenvalue weighted by Crippen LogP contribution is -2.24. The van der Waals surface area contributed by atoms with E-state index in [0.29, 0.717) is 31.3 Å². The van der Waals surface area contributed by atoms with Crippen molar-refractivity contribution in [2.45, 2.75) is 17.9 Å². The van der Waals surface area contributed by atoms with Crippen molar-refractivity contribution in [2.24, 2.45) is 5.92 Å². The van der Waals surface area contributed by atoms with Gasteiger partial charge in [0.25, 0.3) is 0 Å². The van der Waals surface area contributed by atoms with Crippen LogP contribution < -0.4 is 9.46 Å². The molecule has 0 spiro atoms. The molecule has 0 bridgehead atoms. The van der Waals surface area contributed by atoms with Crippen LogP contribution in [0.2, 0.25) is 0 Å². The number of halogens is 1. The van der Waals surface area contributed by atoms with Crippen LogP contribution in [0.1, 0.15) is 12.2 Å². The van der Waals surface area contributed by atoms with Crippen LogP contribution in [-0.4, -0.2) is 48.0 Å². The number of rotatable bonds is 7. The predicted molar refractivity (Wildman–Crippen MR) is 95.6 cm³/mol. The first-order valence-electron chi connectivity index (χ1n) is 8.68. The molecule has 2 aromatic heterocycles. The zero-order valence-electron chi connectivity index (χ0n) is 14.8. The van der Waals surface area contributed by atoms with Gasteiger partial charge in [-0.05, 0) is 36.8 Å². The van der Waals surface area contributed by atoms with Gasteiger partial charge in [0, 0.05) is 18.7 Å². The molecular weight excluding hydrogens is 389 g/mol. The maximum atomic E-state index is 14.3. The number of aromatic nitrogens is 4. The highest BCUT2D eigenvalue weighted by Gasteiger charge is 2.20. The summed E-state index contributed by atoms with van der Waals surface area (Å²) < 4.78 is 53.8. The minimum Gasteiger partial charge on any atom is -0.490 e. The third-order valence-electron chi connectivity index (χ3n) is 4.38. The number of benzene rings is 1. The maximum absolute atomic E-state index is 14.3. The fourth-order valence-electron chi connectivity index (χ4n) is 2.83. The van der Waals surface area contributed by atoms with E-state index in [1.807, 2.05) is 0 Å². The van der Waals surface area contributed by atoms with Crippen molar-refractivity contribution in [2.75, 3.05) is 19.8 Å². The van der Waals surface area contributed by atoms with Crippen molar-refractivity contribution in [3.05, 3.63) is 48.2 Å². The van der Waals surface area contributed by atoms with E-state index < -0.39 is 15.8 Å². The van der Waals surface area contributed by atoms with Crippen molar-refractivity contribution in [1.82, 2.24) is 24.5 Å². The lowest BCUT2D eigenvalue weighted by molar-refractivity contribution is 0.165. The molecule has 1 aliphatic heterocycles. The lowest BCUT2D eigenvalue weighted by Gasteiger charge is -2.12. The van der Waals surface area contributed by atoms with Gasteiger partial charge in [-0.2, -0.15) is 9.61 Å². The maximum Gasteiger partial charge on any atom is 0.241 e. The Kier molecular flexibility index (Phi) is 5.20. The van der Waals surface area contributed by atoms with Gasteiger partial charge in [-0.15, -0.1) is 10.2 Å². The van der Waals surface area contributed by atoms with E-state index in [1.165, 1.54) is 16.6 Å². The summed E-state index contributed by atoms with van der Waals surface area (Å²) in [7, 11) is -3.95. The van der Waals surface area contributed by atoms with E-state index >= 15 is 0 Å². The molecule has 1 N–H and O–H groups in total. The van der Waals surface area contributed by atoms with Gasteiger partial charge in [-0.3, -0.25) is 0 Å². The Labute approximate surface area is 160 Å². The van der Waals surface area contributed by atoms with Gasteiger partial charge < -0.3 is 9.47 Å². The zero-order valence-corrected chi connectivity index (χ0v) is 15.6. The quantitative estimate of drug-likeness (QED) is 0.626. The SMILES string of the molecule is O=S(=O)(NCc1nnc2cccnn12)c1ccc(OCC2CCOC2)c(F)c1. The highest BCUT2D eigenvalue weighted by Crippen LogP contribution is 2.23. The molecule has 1 aliphatic rings. The number of sulfonamides is 1. The van der Waals surface area contributed by atoms with E-state index in [-0.39, 0.29) is 23.1 Å². The molecule has 1 atom stereocenters. The first kappa shape index (κ1) is 18.7. The zero-order chi connectivity index (χ0) is 19.6. The van der Waals surface area contributed by atoms with Gasteiger partial charge in [-0.1, -0.05) is 0 Å². The molecule has 11 heteroatoms. The Morgan fingerprint density at radius 1 is 1.32 bits per heavy atom. The summed E-state index contributed by atoms with van der Waals surface area (Å²) in [5.41, 5.74) is 0.497. The van der Waals surface area contributed by atoms with Gasteiger partial charge >= 0.3 is 0 Å². The largest absolute Gasteiger partial charge is 0.490 e. The molecule has 1 fully saturated rings. The molecular formula is C17H18FN5O4S. The fraction of sp³-hybridized carbons (Fsp3) is 0.353. The van der Waals surface area contributed by atoms with Crippen LogP contribution in [0, 0.1) is 11.7 Å². The molecule has 3 heterocycles. The second-order valence-corrected chi connectivity index (χ2v) is 8.13. The molecule has 4 rings (SSSR count). The predicted octanol–water partition coefficient (Wildman–Crippen LogP) is 1.16. The Balaban J connectivity index is 1.44. The summed E-state index contributed by atoms with van der Waals surface area (Å²) in [5, 5.41) is 11.9. The van der Waals surface area contributed by atoms with E-state index in [1.54, 1.807) is 18.3 Å². The smallest absolute Gasteiger partial charge is 0.241 e. The van der Waals surface area contributed by atoms with Crippen molar-refractivity contribution < 1.29 is 22.3 Å². The Morgan fingerprint density at radius 3 is 3.00 bits per heavy atom. The normalized spacial score (nSPS) is 17.2. The summed E-state index contributed by atoms with van der Waals surface area (Å²) >= 11 is 0. The van der Waals surface area contributed by atoms with Gasteiger partial charge in [0.15, 0.2) is 23.0 Å². The van der Waals surface area contributed by atoms with Crippen molar-refractivity contribution in [3.63, 3.8) is 0 Å². The van der Waals surface area contributed by atoms with Crippen LogP contribution in [0.3, 0.4) is 0 Å². The third kappa shape index (κ3) is 3.96.